The first-order valence-corrected chi connectivity index (χ1v) is 5.51. The lowest BCUT2D eigenvalue weighted by atomic mass is 9.84. The number of nitriles is 1. The first-order chi connectivity index (χ1) is 6.81. The molecule has 2 aliphatic rings. The van der Waals surface area contributed by atoms with E-state index in [4.69, 9.17) is 5.26 Å². The molecule has 14 heavy (non-hydrogen) atoms. The van der Waals surface area contributed by atoms with E-state index in [0.29, 0.717) is 0 Å². The summed E-state index contributed by atoms with van der Waals surface area (Å²) >= 11 is 0. The molecule has 3 nitrogen and oxygen atoms in total. The molecule has 0 heterocycles. The molecule has 1 amide bonds. The molecule has 0 spiro atoms. The summed E-state index contributed by atoms with van der Waals surface area (Å²) in [7, 11) is 0. The molecule has 2 unspecified atom stereocenters. The number of carbonyl (C=O) groups excluding carboxylic acids is 1. The summed E-state index contributed by atoms with van der Waals surface area (Å²) in [6.07, 6.45) is 6.27. The highest BCUT2D eigenvalue weighted by Gasteiger charge is 2.32. The lowest BCUT2D eigenvalue weighted by Gasteiger charge is -2.26. The third-order valence-corrected chi connectivity index (χ3v) is 3.49. The van der Waals surface area contributed by atoms with Crippen LogP contribution in [0.1, 0.15) is 38.5 Å². The maximum atomic E-state index is 11.6. The summed E-state index contributed by atoms with van der Waals surface area (Å²) in [4.78, 5) is 11.6. The molecule has 0 aromatic heterocycles. The molecule has 1 N–H and O–H groups in total. The van der Waals surface area contributed by atoms with Crippen molar-refractivity contribution in [3.63, 3.8) is 0 Å². The number of amides is 1. The Morgan fingerprint density at radius 1 is 1.21 bits per heavy atom. The normalized spacial score (nSPS) is 31.9. The van der Waals surface area contributed by atoms with Gasteiger partial charge in [0.2, 0.25) is 5.91 Å². The van der Waals surface area contributed by atoms with Crippen LogP contribution in [0.2, 0.25) is 0 Å². The number of rotatable bonds is 2. The molecule has 2 fully saturated rings. The molecular formula is C11H16N2O. The Morgan fingerprint density at radius 3 is 2.50 bits per heavy atom. The molecule has 2 rings (SSSR count). The predicted octanol–water partition coefficient (Wildman–Crippen LogP) is 1.59. The zero-order chi connectivity index (χ0) is 9.97. The van der Waals surface area contributed by atoms with E-state index in [2.05, 4.69) is 11.4 Å². The molecular weight excluding hydrogens is 176 g/mol. The average molecular weight is 192 g/mol. The van der Waals surface area contributed by atoms with Crippen molar-refractivity contribution in [2.45, 2.75) is 44.6 Å². The van der Waals surface area contributed by atoms with Crippen LogP contribution in [0, 0.1) is 23.2 Å². The molecule has 2 saturated carbocycles. The van der Waals surface area contributed by atoms with Gasteiger partial charge in [-0.25, -0.2) is 0 Å². The van der Waals surface area contributed by atoms with E-state index >= 15 is 0 Å². The van der Waals surface area contributed by atoms with Gasteiger partial charge in [0.25, 0.3) is 0 Å². The number of carbonyl (C=O) groups is 1. The number of nitrogens with one attached hydrogen (secondary N) is 1. The van der Waals surface area contributed by atoms with Crippen LogP contribution >= 0.6 is 0 Å². The molecule has 76 valence electrons. The van der Waals surface area contributed by atoms with E-state index in [0.717, 1.165) is 32.1 Å². The molecule has 2 atom stereocenters. The van der Waals surface area contributed by atoms with Gasteiger partial charge in [-0.2, -0.15) is 5.26 Å². The van der Waals surface area contributed by atoms with Crippen molar-refractivity contribution in [1.29, 1.82) is 5.26 Å². The summed E-state index contributed by atoms with van der Waals surface area (Å²) in [5.74, 6) is 0.484. The lowest BCUT2D eigenvalue weighted by molar-refractivity contribution is -0.128. The van der Waals surface area contributed by atoms with Crippen molar-refractivity contribution in [1.82, 2.24) is 5.32 Å². The third-order valence-electron chi connectivity index (χ3n) is 3.49. The van der Waals surface area contributed by atoms with Gasteiger partial charge < -0.3 is 5.32 Å². The van der Waals surface area contributed by atoms with E-state index in [1.54, 1.807) is 0 Å². The summed E-state index contributed by atoms with van der Waals surface area (Å²) in [5, 5.41) is 11.9. The van der Waals surface area contributed by atoms with Crippen molar-refractivity contribution in [2.24, 2.45) is 11.8 Å². The molecule has 0 radical (unpaired) electrons. The summed E-state index contributed by atoms with van der Waals surface area (Å²) in [5.41, 5.74) is 0. The molecule has 0 saturated heterocycles. The van der Waals surface area contributed by atoms with E-state index in [1.807, 2.05) is 0 Å². The Hall–Kier alpha value is -1.04. The third kappa shape index (κ3) is 1.75. The van der Waals surface area contributed by atoms with Crippen molar-refractivity contribution >= 4 is 5.91 Å². The highest BCUT2D eigenvalue weighted by molar-refractivity contribution is 5.79. The summed E-state index contributed by atoms with van der Waals surface area (Å²) in [6.45, 7) is 0. The molecule has 0 aromatic rings. The summed E-state index contributed by atoms with van der Waals surface area (Å²) < 4.78 is 0. The van der Waals surface area contributed by atoms with Crippen molar-refractivity contribution in [3.05, 3.63) is 0 Å². The molecule has 0 aromatic carbocycles. The van der Waals surface area contributed by atoms with Crippen LogP contribution in [-0.4, -0.2) is 11.9 Å². The Bertz CT molecular complexity index is 265. The topological polar surface area (TPSA) is 52.9 Å². The van der Waals surface area contributed by atoms with Crippen LogP contribution in [0.4, 0.5) is 0 Å². The largest absolute Gasteiger partial charge is 0.352 e. The average Bonchev–Trinajstić information content (AvgIpc) is 2.48. The maximum Gasteiger partial charge on any atom is 0.223 e. The minimum atomic E-state index is 0.0547. The highest BCUT2D eigenvalue weighted by atomic mass is 16.2. The van der Waals surface area contributed by atoms with E-state index in [9.17, 15) is 4.79 Å². The maximum absolute atomic E-state index is 11.6. The second kappa shape index (κ2) is 4.00. The van der Waals surface area contributed by atoms with E-state index < -0.39 is 0 Å². The molecule has 0 bridgehead atoms. The van der Waals surface area contributed by atoms with Crippen LogP contribution in [-0.2, 0) is 4.79 Å². The second-order valence-corrected chi connectivity index (χ2v) is 4.41. The van der Waals surface area contributed by atoms with Crippen LogP contribution in [0.5, 0.6) is 0 Å². The molecule has 0 aliphatic heterocycles. The smallest absolute Gasteiger partial charge is 0.223 e. The van der Waals surface area contributed by atoms with Gasteiger partial charge in [0.15, 0.2) is 0 Å². The molecule has 2 aliphatic carbocycles. The Morgan fingerprint density at radius 2 is 1.93 bits per heavy atom. The van der Waals surface area contributed by atoms with Crippen LogP contribution in [0.15, 0.2) is 0 Å². The predicted molar refractivity (Wildman–Crippen MR) is 52.2 cm³/mol. The van der Waals surface area contributed by atoms with Crippen molar-refractivity contribution in [2.75, 3.05) is 0 Å². The van der Waals surface area contributed by atoms with Gasteiger partial charge in [0.1, 0.15) is 0 Å². The van der Waals surface area contributed by atoms with Crippen LogP contribution < -0.4 is 5.32 Å². The second-order valence-electron chi connectivity index (χ2n) is 4.41. The first-order valence-electron chi connectivity index (χ1n) is 5.51. The zero-order valence-electron chi connectivity index (χ0n) is 8.33. The van der Waals surface area contributed by atoms with Crippen LogP contribution in [0.3, 0.4) is 0 Å². The number of nitrogens with zero attached hydrogens (tertiary/aromatic N) is 1. The van der Waals surface area contributed by atoms with Gasteiger partial charge in [0, 0.05) is 12.0 Å². The fourth-order valence-corrected chi connectivity index (χ4v) is 2.26. The minimum Gasteiger partial charge on any atom is -0.352 e. The van der Waals surface area contributed by atoms with Gasteiger partial charge in [0.05, 0.1) is 12.0 Å². The van der Waals surface area contributed by atoms with Gasteiger partial charge in [-0.1, -0.05) is 6.42 Å². The number of hydrogen-bond donors (Lipinski definition) is 1. The van der Waals surface area contributed by atoms with Gasteiger partial charge in [-0.05, 0) is 32.1 Å². The van der Waals surface area contributed by atoms with Gasteiger partial charge in [-0.3, -0.25) is 4.79 Å². The quantitative estimate of drug-likeness (QED) is 0.722. The molecule has 3 heteroatoms. The first kappa shape index (κ1) is 9.51. The Labute approximate surface area is 84.5 Å². The standard InChI is InChI=1S/C11H16N2O/c12-7-9-5-2-6-10(9)13-11(14)8-3-1-4-8/h8-10H,1-6H2,(H,13,14). The fraction of sp³-hybridized carbons (Fsp3) is 0.818. The minimum absolute atomic E-state index is 0.0547. The number of hydrogen-bond acceptors (Lipinski definition) is 2. The van der Waals surface area contributed by atoms with Gasteiger partial charge >= 0.3 is 0 Å². The van der Waals surface area contributed by atoms with Gasteiger partial charge in [-0.15, -0.1) is 0 Å². The lowest BCUT2D eigenvalue weighted by Crippen LogP contribution is -2.42. The Balaban J connectivity index is 1.84. The highest BCUT2D eigenvalue weighted by Crippen LogP contribution is 2.29. The Kier molecular flexibility index (Phi) is 2.72. The fourth-order valence-electron chi connectivity index (χ4n) is 2.26. The monoisotopic (exact) mass is 192 g/mol. The van der Waals surface area contributed by atoms with E-state index in [-0.39, 0.29) is 23.8 Å². The SMILES string of the molecule is N#CC1CCCC1NC(=O)C1CCC1. The van der Waals surface area contributed by atoms with Crippen LogP contribution in [0.25, 0.3) is 0 Å². The van der Waals surface area contributed by atoms with E-state index in [1.165, 1.54) is 6.42 Å². The summed E-state index contributed by atoms with van der Waals surface area (Å²) in [6, 6.07) is 2.41. The van der Waals surface area contributed by atoms with Crippen molar-refractivity contribution in [3.8, 4) is 6.07 Å². The zero-order valence-corrected chi connectivity index (χ0v) is 8.33. The van der Waals surface area contributed by atoms with Crippen molar-refractivity contribution < 1.29 is 4.79 Å².